The average Bonchev–Trinajstić information content (AvgIpc) is 3.47. The molecule has 4 heterocycles. The number of aromatic nitrogens is 5. The first-order chi connectivity index (χ1) is 17.4. The van der Waals surface area contributed by atoms with Crippen molar-refractivity contribution in [2.24, 2.45) is 0 Å². The minimum atomic E-state index is -0.285. The standard InChI is InChI=1S/C29H27FN6/c1-5-26-23(10-18(2)20-11-19(13-31-14-20)17-36(3)4)29(35-34-26)27-12-22-24(15-32-16-28(22)33-27)21-8-6-7-9-25(21)30/h5-16,33-34H,2,17H2,1,3-4H3/b23-10+,26-5+. The summed E-state index contributed by atoms with van der Waals surface area (Å²) in [6, 6.07) is 10.8. The SMILES string of the molecule is C=C(/C=c1/c(-c2cc3c(-c4ccccc4F)cncc3[nH]2)n[nH]/c1=C/C)c1cncc(CN(C)C)c1. The van der Waals surface area contributed by atoms with Crippen molar-refractivity contribution < 1.29 is 4.39 Å². The predicted molar refractivity (Wildman–Crippen MR) is 144 cm³/mol. The first-order valence-corrected chi connectivity index (χ1v) is 11.7. The molecule has 0 fully saturated rings. The van der Waals surface area contributed by atoms with Gasteiger partial charge in [0.1, 0.15) is 11.5 Å². The van der Waals surface area contributed by atoms with Crippen molar-refractivity contribution in [3.63, 3.8) is 0 Å². The van der Waals surface area contributed by atoms with Crippen molar-refractivity contribution in [2.75, 3.05) is 14.1 Å². The zero-order valence-corrected chi connectivity index (χ0v) is 20.5. The van der Waals surface area contributed by atoms with Crippen molar-refractivity contribution in [3.8, 4) is 22.5 Å². The van der Waals surface area contributed by atoms with E-state index in [1.165, 1.54) is 6.07 Å². The van der Waals surface area contributed by atoms with Gasteiger partial charge < -0.3 is 9.88 Å². The monoisotopic (exact) mass is 478 g/mol. The Labute approximate surface area is 208 Å². The Kier molecular flexibility index (Phi) is 6.31. The van der Waals surface area contributed by atoms with E-state index in [2.05, 4.69) is 42.7 Å². The van der Waals surface area contributed by atoms with Gasteiger partial charge in [0.25, 0.3) is 0 Å². The highest BCUT2D eigenvalue weighted by atomic mass is 19.1. The summed E-state index contributed by atoms with van der Waals surface area (Å²) in [5.74, 6) is -0.285. The Morgan fingerprint density at radius 3 is 2.64 bits per heavy atom. The van der Waals surface area contributed by atoms with Gasteiger partial charge in [-0.25, -0.2) is 4.39 Å². The second-order valence-corrected chi connectivity index (χ2v) is 8.99. The Hall–Kier alpha value is -4.36. The number of benzene rings is 1. The second kappa shape index (κ2) is 9.71. The van der Waals surface area contributed by atoms with Crippen LogP contribution in [0, 0.1) is 5.82 Å². The van der Waals surface area contributed by atoms with Crippen LogP contribution in [-0.2, 0) is 6.54 Å². The van der Waals surface area contributed by atoms with Gasteiger partial charge in [-0.3, -0.25) is 15.1 Å². The lowest BCUT2D eigenvalue weighted by Crippen LogP contribution is -2.23. The number of hydrogen-bond acceptors (Lipinski definition) is 4. The van der Waals surface area contributed by atoms with Gasteiger partial charge in [-0.15, -0.1) is 0 Å². The van der Waals surface area contributed by atoms with E-state index >= 15 is 0 Å². The minimum absolute atomic E-state index is 0.285. The van der Waals surface area contributed by atoms with Crippen LogP contribution < -0.4 is 10.6 Å². The fraction of sp³-hybridized carbons (Fsp3) is 0.138. The Morgan fingerprint density at radius 1 is 1.06 bits per heavy atom. The highest BCUT2D eigenvalue weighted by Gasteiger charge is 2.14. The molecule has 0 unspecified atom stereocenters. The molecule has 0 aliphatic rings. The molecule has 5 aromatic rings. The molecule has 0 aliphatic carbocycles. The maximum Gasteiger partial charge on any atom is 0.131 e. The molecule has 0 amide bonds. The molecule has 180 valence electrons. The van der Waals surface area contributed by atoms with E-state index in [1.807, 2.05) is 57.7 Å². The summed E-state index contributed by atoms with van der Waals surface area (Å²) in [4.78, 5) is 14.3. The molecule has 7 heteroatoms. The molecule has 0 bridgehead atoms. The van der Waals surface area contributed by atoms with Crippen LogP contribution in [0.15, 0.2) is 67.8 Å². The number of aromatic amines is 2. The number of pyridine rings is 2. The summed E-state index contributed by atoms with van der Waals surface area (Å²) in [7, 11) is 4.06. The Balaban J connectivity index is 1.62. The van der Waals surface area contributed by atoms with Crippen LogP contribution >= 0.6 is 0 Å². The van der Waals surface area contributed by atoms with E-state index in [9.17, 15) is 4.39 Å². The third kappa shape index (κ3) is 4.48. The zero-order chi connectivity index (χ0) is 25.2. The van der Waals surface area contributed by atoms with Gasteiger partial charge in [0, 0.05) is 46.9 Å². The number of nitrogens with zero attached hydrogens (tertiary/aromatic N) is 4. The fourth-order valence-corrected chi connectivity index (χ4v) is 4.38. The molecule has 0 saturated carbocycles. The summed E-state index contributed by atoms with van der Waals surface area (Å²) < 4.78 is 14.6. The van der Waals surface area contributed by atoms with Gasteiger partial charge in [-0.1, -0.05) is 30.9 Å². The van der Waals surface area contributed by atoms with Crippen LogP contribution in [-0.4, -0.2) is 44.1 Å². The number of rotatable bonds is 6. The summed E-state index contributed by atoms with van der Waals surface area (Å²) in [6.45, 7) is 7.07. The Bertz CT molecular complexity index is 1690. The topological polar surface area (TPSA) is 73.5 Å². The minimum Gasteiger partial charge on any atom is -0.352 e. The third-order valence-electron chi connectivity index (χ3n) is 6.07. The van der Waals surface area contributed by atoms with Gasteiger partial charge in [0.2, 0.25) is 0 Å². The molecule has 0 atom stereocenters. The van der Waals surface area contributed by atoms with E-state index in [0.29, 0.717) is 5.56 Å². The van der Waals surface area contributed by atoms with E-state index in [1.54, 1.807) is 24.5 Å². The third-order valence-corrected chi connectivity index (χ3v) is 6.07. The predicted octanol–water partition coefficient (Wildman–Crippen LogP) is 4.51. The van der Waals surface area contributed by atoms with Crippen LogP contribution in [0.3, 0.4) is 0 Å². The van der Waals surface area contributed by atoms with Gasteiger partial charge in [0.05, 0.1) is 22.8 Å². The molecule has 0 radical (unpaired) electrons. The van der Waals surface area contributed by atoms with Gasteiger partial charge >= 0.3 is 0 Å². The van der Waals surface area contributed by atoms with E-state index < -0.39 is 0 Å². The number of allylic oxidation sites excluding steroid dienone is 1. The molecule has 0 aliphatic heterocycles. The van der Waals surface area contributed by atoms with E-state index in [0.717, 1.165) is 61.7 Å². The maximum absolute atomic E-state index is 14.6. The van der Waals surface area contributed by atoms with Crippen LogP contribution in [0.5, 0.6) is 0 Å². The summed E-state index contributed by atoms with van der Waals surface area (Å²) in [6.07, 6.45) is 11.1. The van der Waals surface area contributed by atoms with Crippen molar-refractivity contribution in [1.82, 2.24) is 30.0 Å². The lowest BCUT2D eigenvalue weighted by Gasteiger charge is -2.10. The van der Waals surface area contributed by atoms with Crippen molar-refractivity contribution in [2.45, 2.75) is 13.5 Å². The van der Waals surface area contributed by atoms with Crippen LogP contribution in [0.1, 0.15) is 18.1 Å². The molecular formula is C29H27FN6. The first-order valence-electron chi connectivity index (χ1n) is 11.7. The summed E-state index contributed by atoms with van der Waals surface area (Å²) in [5, 5.41) is 10.4. The molecule has 6 nitrogen and oxygen atoms in total. The highest BCUT2D eigenvalue weighted by Crippen LogP contribution is 2.31. The zero-order valence-electron chi connectivity index (χ0n) is 20.5. The molecular weight excluding hydrogens is 451 g/mol. The largest absolute Gasteiger partial charge is 0.352 e. The molecule has 0 spiro atoms. The molecule has 0 saturated heterocycles. The molecule has 5 rings (SSSR count). The number of nitrogens with one attached hydrogen (secondary N) is 2. The molecule has 4 aromatic heterocycles. The molecule has 1 aromatic carbocycles. The average molecular weight is 479 g/mol. The smallest absolute Gasteiger partial charge is 0.131 e. The van der Waals surface area contributed by atoms with E-state index in [4.69, 9.17) is 0 Å². The number of fused-ring (bicyclic) bond motifs is 1. The van der Waals surface area contributed by atoms with E-state index in [-0.39, 0.29) is 5.82 Å². The lowest BCUT2D eigenvalue weighted by molar-refractivity contribution is 0.402. The van der Waals surface area contributed by atoms with Crippen molar-refractivity contribution >= 4 is 28.6 Å². The fourth-order valence-electron chi connectivity index (χ4n) is 4.38. The quantitative estimate of drug-likeness (QED) is 0.377. The number of halogens is 1. The van der Waals surface area contributed by atoms with Gasteiger partial charge in [0.15, 0.2) is 0 Å². The summed E-state index contributed by atoms with van der Waals surface area (Å²) >= 11 is 0. The van der Waals surface area contributed by atoms with Gasteiger partial charge in [-0.2, -0.15) is 5.10 Å². The number of hydrogen-bond donors (Lipinski definition) is 2. The van der Waals surface area contributed by atoms with Crippen LogP contribution in [0.25, 0.3) is 51.1 Å². The first kappa shape index (κ1) is 23.4. The maximum atomic E-state index is 14.6. The second-order valence-electron chi connectivity index (χ2n) is 8.99. The van der Waals surface area contributed by atoms with Crippen molar-refractivity contribution in [1.29, 1.82) is 0 Å². The molecule has 36 heavy (non-hydrogen) atoms. The normalized spacial score (nSPS) is 12.7. The van der Waals surface area contributed by atoms with Crippen LogP contribution in [0.4, 0.5) is 4.39 Å². The van der Waals surface area contributed by atoms with Crippen molar-refractivity contribution in [3.05, 3.63) is 95.3 Å². The van der Waals surface area contributed by atoms with Crippen LogP contribution in [0.2, 0.25) is 0 Å². The van der Waals surface area contributed by atoms with Gasteiger partial charge in [-0.05, 0) is 62.0 Å². The lowest BCUT2D eigenvalue weighted by atomic mass is 10.0. The molecule has 2 N–H and O–H groups in total. The number of H-pyrrole nitrogens is 2. The highest BCUT2D eigenvalue weighted by molar-refractivity contribution is 5.97. The summed E-state index contributed by atoms with van der Waals surface area (Å²) in [5.41, 5.74) is 6.49. The Morgan fingerprint density at radius 2 is 1.86 bits per heavy atom.